The lowest BCUT2D eigenvalue weighted by Crippen LogP contribution is -2.38. The molecule has 0 saturated carbocycles. The van der Waals surface area contributed by atoms with E-state index in [9.17, 15) is 9.90 Å². The smallest absolute Gasteiger partial charge is 0.342 e. The highest BCUT2D eigenvalue weighted by Gasteiger charge is 2.37. The fraction of sp³-hybridized carbons (Fsp3) is 0.286. The molecule has 1 rings (SSSR count). The Hall–Kier alpha value is -0.830. The van der Waals surface area contributed by atoms with Crippen molar-refractivity contribution in [3.63, 3.8) is 0 Å². The molecule has 1 heterocycles. The Bertz CT molecular complexity index is 269. The highest BCUT2D eigenvalue weighted by molar-refractivity contribution is 7.28. The van der Waals surface area contributed by atoms with E-state index < -0.39 is 18.2 Å². The van der Waals surface area contributed by atoms with E-state index in [-0.39, 0.29) is 5.56 Å². The van der Waals surface area contributed by atoms with Crippen molar-refractivity contribution in [3.05, 3.63) is 23.2 Å². The molecule has 0 saturated heterocycles. The summed E-state index contributed by atoms with van der Waals surface area (Å²) in [4.78, 5) is 10.6. The third kappa shape index (κ3) is 1.37. The lowest BCUT2D eigenvalue weighted by atomic mass is 9.98. The molecule has 0 radical (unpaired) electrons. The van der Waals surface area contributed by atoms with Crippen molar-refractivity contribution in [2.45, 2.75) is 5.60 Å². The van der Waals surface area contributed by atoms with Gasteiger partial charge >= 0.3 is 5.97 Å². The third-order valence-electron chi connectivity index (χ3n) is 1.66. The zero-order chi connectivity index (χ0) is 9.19. The number of carboxylic acid groups (broad SMARTS) is 1. The van der Waals surface area contributed by atoms with Crippen LogP contribution >= 0.6 is 8.19 Å². The van der Waals surface area contributed by atoms with Crippen molar-refractivity contribution >= 4 is 14.2 Å². The molecular weight excluding hydrogens is 179 g/mol. The summed E-state index contributed by atoms with van der Waals surface area (Å²) in [5.74, 6) is 1.93. The lowest BCUT2D eigenvalue weighted by Gasteiger charge is -2.19. The van der Waals surface area contributed by atoms with Gasteiger partial charge in [-0.3, -0.25) is 0 Å². The average Bonchev–Trinajstić information content (AvgIpc) is 2.54. The molecule has 0 amide bonds. The van der Waals surface area contributed by atoms with E-state index in [2.05, 4.69) is 0 Å². The Kier molecular flexibility index (Phi) is 2.52. The maximum Gasteiger partial charge on any atom is 0.342 e. The first-order valence-corrected chi connectivity index (χ1v) is 4.46. The highest BCUT2D eigenvalue weighted by atomic mass is 31.0. The molecule has 1 aromatic rings. The molecule has 2 unspecified atom stereocenters. The van der Waals surface area contributed by atoms with E-state index in [1.54, 1.807) is 11.6 Å². The standard InChI is InChI=1S/C7H9O4P/c8-4-7(11,6(9)10)5-1-2-12-3-5/h1-3,8,11-12H,4H2,(H,9,10). The van der Waals surface area contributed by atoms with E-state index in [1.807, 2.05) is 0 Å². The fourth-order valence-electron chi connectivity index (χ4n) is 0.864. The summed E-state index contributed by atoms with van der Waals surface area (Å²) in [6, 6.07) is 1.52. The quantitative estimate of drug-likeness (QED) is 0.623. The minimum atomic E-state index is -2.12. The molecule has 0 aromatic carbocycles. The van der Waals surface area contributed by atoms with Crippen LogP contribution < -0.4 is 0 Å². The molecule has 0 aliphatic heterocycles. The fourth-order valence-corrected chi connectivity index (χ4v) is 1.75. The number of hydrogen-bond acceptors (Lipinski definition) is 3. The van der Waals surface area contributed by atoms with Gasteiger partial charge in [0.2, 0.25) is 5.60 Å². The zero-order valence-corrected chi connectivity index (χ0v) is 7.19. The number of aliphatic hydroxyl groups excluding tert-OH is 1. The molecule has 0 aliphatic carbocycles. The summed E-state index contributed by atoms with van der Waals surface area (Å²) in [6.07, 6.45) is 0. The summed E-state index contributed by atoms with van der Waals surface area (Å²) >= 11 is 0. The van der Waals surface area contributed by atoms with Gasteiger partial charge in [-0.2, -0.15) is 0 Å². The van der Waals surface area contributed by atoms with Crippen LogP contribution in [0.5, 0.6) is 0 Å². The second-order valence-corrected chi connectivity index (χ2v) is 3.38. The van der Waals surface area contributed by atoms with Crippen molar-refractivity contribution in [2.75, 3.05) is 6.61 Å². The number of hydrogen-bond donors (Lipinski definition) is 3. The SMILES string of the molecule is O=C(O)C(O)(CO)c1cc[pH]c1. The predicted octanol–water partition coefficient (Wildman–Crippen LogP) is -0.0176. The van der Waals surface area contributed by atoms with Crippen molar-refractivity contribution in [2.24, 2.45) is 0 Å². The number of carboxylic acids is 1. The molecule has 1 aromatic heterocycles. The maximum absolute atomic E-state index is 10.6. The minimum Gasteiger partial charge on any atom is -0.479 e. The molecule has 3 N–H and O–H groups in total. The van der Waals surface area contributed by atoms with Crippen LogP contribution in [-0.2, 0) is 10.4 Å². The third-order valence-corrected chi connectivity index (χ3v) is 2.49. The molecular formula is C7H9O4P. The Labute approximate surface area is 70.6 Å². The first kappa shape index (κ1) is 9.26. The molecule has 0 bridgehead atoms. The molecule has 5 heteroatoms. The van der Waals surface area contributed by atoms with Crippen molar-refractivity contribution in [3.8, 4) is 0 Å². The summed E-state index contributed by atoms with van der Waals surface area (Å²) in [5, 5.41) is 26.8. The monoisotopic (exact) mass is 188 g/mol. The van der Waals surface area contributed by atoms with Gasteiger partial charge in [0.1, 0.15) is 0 Å². The van der Waals surface area contributed by atoms with Crippen LogP contribution in [0, 0.1) is 0 Å². The zero-order valence-electron chi connectivity index (χ0n) is 6.19. The molecule has 66 valence electrons. The molecule has 2 atom stereocenters. The van der Waals surface area contributed by atoms with Gasteiger partial charge in [0.15, 0.2) is 0 Å². The van der Waals surface area contributed by atoms with E-state index >= 15 is 0 Å². The van der Waals surface area contributed by atoms with Gasteiger partial charge in [-0.25, -0.2) is 4.79 Å². The van der Waals surface area contributed by atoms with Gasteiger partial charge in [-0.05, 0) is 11.6 Å². The van der Waals surface area contributed by atoms with Crippen LogP contribution in [0.1, 0.15) is 5.56 Å². The number of carbonyl (C=O) groups is 1. The molecule has 0 fully saturated rings. The lowest BCUT2D eigenvalue weighted by molar-refractivity contribution is -0.164. The number of rotatable bonds is 3. The van der Waals surface area contributed by atoms with Gasteiger partial charge in [-0.15, -0.1) is 8.19 Å². The molecule has 0 spiro atoms. The Morgan fingerprint density at radius 2 is 2.33 bits per heavy atom. The number of aliphatic hydroxyl groups is 2. The molecule has 12 heavy (non-hydrogen) atoms. The maximum atomic E-state index is 10.6. The Morgan fingerprint density at radius 1 is 1.67 bits per heavy atom. The second-order valence-electron chi connectivity index (χ2n) is 2.42. The van der Waals surface area contributed by atoms with Crippen LogP contribution in [0.4, 0.5) is 0 Å². The van der Waals surface area contributed by atoms with Crippen molar-refractivity contribution in [1.82, 2.24) is 0 Å². The average molecular weight is 188 g/mol. The normalized spacial score (nSPS) is 16.2. The highest BCUT2D eigenvalue weighted by Crippen LogP contribution is 2.24. The van der Waals surface area contributed by atoms with E-state index in [1.165, 1.54) is 6.07 Å². The first-order valence-electron chi connectivity index (χ1n) is 3.31. The van der Waals surface area contributed by atoms with E-state index in [0.717, 1.165) is 0 Å². The van der Waals surface area contributed by atoms with Gasteiger partial charge in [0, 0.05) is 5.56 Å². The molecule has 0 aliphatic rings. The summed E-state index contributed by atoms with van der Waals surface area (Å²) in [7, 11) is 0.381. The largest absolute Gasteiger partial charge is 0.479 e. The predicted molar refractivity (Wildman–Crippen MR) is 44.6 cm³/mol. The van der Waals surface area contributed by atoms with Crippen LogP contribution in [0.15, 0.2) is 17.7 Å². The topological polar surface area (TPSA) is 77.8 Å². The van der Waals surface area contributed by atoms with Crippen LogP contribution in [0.2, 0.25) is 0 Å². The van der Waals surface area contributed by atoms with E-state index in [4.69, 9.17) is 10.2 Å². The van der Waals surface area contributed by atoms with Crippen LogP contribution in [-0.4, -0.2) is 27.9 Å². The van der Waals surface area contributed by atoms with E-state index in [0.29, 0.717) is 8.19 Å². The summed E-state index contributed by atoms with van der Waals surface area (Å²) < 4.78 is 0. The van der Waals surface area contributed by atoms with Crippen LogP contribution in [0.3, 0.4) is 0 Å². The molecule has 4 nitrogen and oxygen atoms in total. The second kappa shape index (κ2) is 3.27. The van der Waals surface area contributed by atoms with Crippen molar-refractivity contribution < 1.29 is 20.1 Å². The number of aliphatic carboxylic acids is 1. The van der Waals surface area contributed by atoms with Gasteiger partial charge < -0.3 is 15.3 Å². The minimum absolute atomic E-state index is 0.260. The van der Waals surface area contributed by atoms with Gasteiger partial charge in [0.05, 0.1) is 6.61 Å². The summed E-state index contributed by atoms with van der Waals surface area (Å²) in [5.41, 5.74) is -1.86. The van der Waals surface area contributed by atoms with Gasteiger partial charge in [-0.1, -0.05) is 6.07 Å². The van der Waals surface area contributed by atoms with Crippen molar-refractivity contribution in [1.29, 1.82) is 0 Å². The first-order chi connectivity index (χ1) is 5.61. The van der Waals surface area contributed by atoms with Gasteiger partial charge in [0.25, 0.3) is 0 Å². The Balaban J connectivity index is 3.04. The Morgan fingerprint density at radius 3 is 2.67 bits per heavy atom. The summed E-state index contributed by atoms with van der Waals surface area (Å²) in [6.45, 7) is -0.803. The van der Waals surface area contributed by atoms with Crippen LogP contribution in [0.25, 0.3) is 0 Å².